The molecule has 112 valence electrons. The molecule has 0 saturated heterocycles. The van der Waals surface area contributed by atoms with Crippen LogP contribution in [-0.2, 0) is 9.63 Å². The van der Waals surface area contributed by atoms with Crippen molar-refractivity contribution in [3.63, 3.8) is 0 Å². The van der Waals surface area contributed by atoms with Crippen molar-refractivity contribution in [1.82, 2.24) is 5.32 Å². The number of nitrogens with one attached hydrogen (secondary N) is 1. The van der Waals surface area contributed by atoms with Gasteiger partial charge < -0.3 is 10.2 Å². The summed E-state index contributed by atoms with van der Waals surface area (Å²) in [4.78, 5) is 27.2. The standard InChI is InChI=1S/C13H14FN3O4/c14-6-3-7-15-13(18)12-8-10(16-21-12)9-4-1-2-5-11(9)17(19)20/h1-2,4-5,12H,3,6-8H2,(H,15,18). The summed E-state index contributed by atoms with van der Waals surface area (Å²) in [6, 6.07) is 6.13. The van der Waals surface area contributed by atoms with Gasteiger partial charge in [-0.05, 0) is 12.5 Å². The number of carbonyl (C=O) groups excluding carboxylic acids is 1. The van der Waals surface area contributed by atoms with Crippen LogP contribution in [0.2, 0.25) is 0 Å². The lowest BCUT2D eigenvalue weighted by atomic mass is 10.0. The highest BCUT2D eigenvalue weighted by Crippen LogP contribution is 2.24. The highest BCUT2D eigenvalue weighted by atomic mass is 19.1. The van der Waals surface area contributed by atoms with Gasteiger partial charge in [0.05, 0.1) is 22.9 Å². The molecule has 0 radical (unpaired) electrons. The lowest BCUT2D eigenvalue weighted by molar-refractivity contribution is -0.385. The van der Waals surface area contributed by atoms with Crippen LogP contribution in [0.15, 0.2) is 29.4 Å². The Kier molecular flexibility index (Phi) is 4.81. The minimum atomic E-state index is -0.834. The van der Waals surface area contributed by atoms with Gasteiger partial charge in [0.15, 0.2) is 0 Å². The van der Waals surface area contributed by atoms with E-state index < -0.39 is 23.6 Å². The van der Waals surface area contributed by atoms with Crippen molar-refractivity contribution in [2.24, 2.45) is 5.16 Å². The predicted octanol–water partition coefficient (Wildman–Crippen LogP) is 1.56. The number of amides is 1. The quantitative estimate of drug-likeness (QED) is 0.489. The molecule has 0 aromatic heterocycles. The Morgan fingerprint density at radius 3 is 3.00 bits per heavy atom. The van der Waals surface area contributed by atoms with Gasteiger partial charge in [-0.3, -0.25) is 19.3 Å². The van der Waals surface area contributed by atoms with Crippen molar-refractivity contribution < 1.29 is 18.9 Å². The Balaban J connectivity index is 2.02. The number of hydrogen-bond donors (Lipinski definition) is 1. The van der Waals surface area contributed by atoms with Crippen LogP contribution in [0, 0.1) is 10.1 Å². The van der Waals surface area contributed by atoms with Gasteiger partial charge in [0.25, 0.3) is 11.6 Å². The first-order chi connectivity index (χ1) is 10.1. The molecule has 0 fully saturated rings. The number of oxime groups is 1. The molecule has 1 atom stereocenters. The second-order valence-electron chi connectivity index (χ2n) is 4.44. The van der Waals surface area contributed by atoms with Gasteiger partial charge in [0.1, 0.15) is 0 Å². The topological polar surface area (TPSA) is 93.8 Å². The van der Waals surface area contributed by atoms with Gasteiger partial charge >= 0.3 is 0 Å². The third-order valence-electron chi connectivity index (χ3n) is 2.98. The molecule has 1 heterocycles. The molecule has 0 bridgehead atoms. The lowest BCUT2D eigenvalue weighted by Crippen LogP contribution is -2.35. The fourth-order valence-corrected chi connectivity index (χ4v) is 1.95. The molecule has 1 aliphatic rings. The normalized spacial score (nSPS) is 17.0. The molecule has 1 unspecified atom stereocenters. The van der Waals surface area contributed by atoms with Gasteiger partial charge in [-0.25, -0.2) is 0 Å². The summed E-state index contributed by atoms with van der Waals surface area (Å²) in [6.45, 7) is -0.292. The number of nitrogens with zero attached hydrogens (tertiary/aromatic N) is 2. The summed E-state index contributed by atoms with van der Waals surface area (Å²) in [5.41, 5.74) is 0.604. The van der Waals surface area contributed by atoms with Crippen molar-refractivity contribution in [2.75, 3.05) is 13.2 Å². The first-order valence-corrected chi connectivity index (χ1v) is 6.43. The zero-order valence-corrected chi connectivity index (χ0v) is 11.1. The van der Waals surface area contributed by atoms with E-state index in [1.54, 1.807) is 18.2 Å². The van der Waals surface area contributed by atoms with E-state index in [0.29, 0.717) is 11.3 Å². The van der Waals surface area contributed by atoms with Crippen LogP contribution in [0.25, 0.3) is 0 Å². The van der Waals surface area contributed by atoms with E-state index in [2.05, 4.69) is 10.5 Å². The van der Waals surface area contributed by atoms with Crippen LogP contribution < -0.4 is 5.32 Å². The number of carbonyl (C=O) groups is 1. The first kappa shape index (κ1) is 14.9. The van der Waals surface area contributed by atoms with E-state index in [-0.39, 0.29) is 25.1 Å². The van der Waals surface area contributed by atoms with Crippen molar-refractivity contribution in [1.29, 1.82) is 0 Å². The SMILES string of the molecule is O=C(NCCCF)C1CC(c2ccccc2[N+](=O)[O-])=NO1. The molecule has 0 aliphatic carbocycles. The summed E-state index contributed by atoms with van der Waals surface area (Å²) < 4.78 is 12.0. The number of hydrogen-bond acceptors (Lipinski definition) is 5. The summed E-state index contributed by atoms with van der Waals surface area (Å²) >= 11 is 0. The second-order valence-corrected chi connectivity index (χ2v) is 4.44. The molecule has 8 heteroatoms. The Labute approximate surface area is 119 Å². The van der Waals surface area contributed by atoms with Crippen molar-refractivity contribution in [3.8, 4) is 0 Å². The predicted molar refractivity (Wildman–Crippen MR) is 72.7 cm³/mol. The zero-order valence-electron chi connectivity index (χ0n) is 11.1. The highest BCUT2D eigenvalue weighted by molar-refractivity contribution is 6.06. The van der Waals surface area contributed by atoms with Crippen molar-refractivity contribution in [2.45, 2.75) is 18.9 Å². The van der Waals surface area contributed by atoms with E-state index >= 15 is 0 Å². The fourth-order valence-electron chi connectivity index (χ4n) is 1.95. The number of nitro benzene ring substituents is 1. The fraction of sp³-hybridized carbons (Fsp3) is 0.385. The molecule has 0 spiro atoms. The average molecular weight is 295 g/mol. The Morgan fingerprint density at radius 2 is 2.29 bits per heavy atom. The Bertz CT molecular complexity index is 576. The van der Waals surface area contributed by atoms with E-state index in [0.717, 1.165) is 0 Å². The number of halogens is 1. The summed E-state index contributed by atoms with van der Waals surface area (Å²) in [6.07, 6.45) is -0.456. The molecule has 7 nitrogen and oxygen atoms in total. The van der Waals surface area contributed by atoms with Crippen LogP contribution in [0.3, 0.4) is 0 Å². The number of nitro groups is 1. The first-order valence-electron chi connectivity index (χ1n) is 6.43. The summed E-state index contributed by atoms with van der Waals surface area (Å²) in [5, 5.41) is 17.2. The van der Waals surface area contributed by atoms with Gasteiger partial charge in [-0.15, -0.1) is 0 Å². The average Bonchev–Trinajstić information content (AvgIpc) is 2.97. The van der Waals surface area contributed by atoms with E-state index in [1.807, 2.05) is 0 Å². The van der Waals surface area contributed by atoms with Crippen molar-refractivity contribution in [3.05, 3.63) is 39.9 Å². The van der Waals surface area contributed by atoms with Crippen LogP contribution in [0.1, 0.15) is 18.4 Å². The molecule has 1 aromatic rings. The van der Waals surface area contributed by atoms with Crippen LogP contribution in [0.5, 0.6) is 0 Å². The molecular weight excluding hydrogens is 281 g/mol. The van der Waals surface area contributed by atoms with Gasteiger partial charge in [-0.2, -0.15) is 0 Å². The molecule has 0 saturated carbocycles. The maximum atomic E-state index is 12.0. The van der Waals surface area contributed by atoms with Gasteiger partial charge in [0, 0.05) is 19.0 Å². The van der Waals surface area contributed by atoms with Crippen LogP contribution in [0.4, 0.5) is 10.1 Å². The Hall–Kier alpha value is -2.51. The molecule has 1 aromatic carbocycles. The van der Waals surface area contributed by atoms with Gasteiger partial charge in [-0.1, -0.05) is 17.3 Å². The maximum Gasteiger partial charge on any atom is 0.278 e. The van der Waals surface area contributed by atoms with E-state index in [9.17, 15) is 19.3 Å². The number of alkyl halides is 1. The zero-order chi connectivity index (χ0) is 15.2. The Morgan fingerprint density at radius 1 is 1.52 bits per heavy atom. The smallest absolute Gasteiger partial charge is 0.278 e. The third kappa shape index (κ3) is 3.53. The largest absolute Gasteiger partial charge is 0.382 e. The monoisotopic (exact) mass is 295 g/mol. The highest BCUT2D eigenvalue weighted by Gasteiger charge is 2.31. The maximum absolute atomic E-state index is 12.0. The molecule has 1 amide bonds. The lowest BCUT2D eigenvalue weighted by Gasteiger charge is -2.08. The number of benzene rings is 1. The molecule has 1 aliphatic heterocycles. The molecule has 2 rings (SSSR count). The molecule has 21 heavy (non-hydrogen) atoms. The van der Waals surface area contributed by atoms with Gasteiger partial charge in [0.2, 0.25) is 6.10 Å². The summed E-state index contributed by atoms with van der Waals surface area (Å²) in [7, 11) is 0. The van der Waals surface area contributed by atoms with E-state index in [4.69, 9.17) is 4.84 Å². The minimum Gasteiger partial charge on any atom is -0.382 e. The van der Waals surface area contributed by atoms with Crippen LogP contribution >= 0.6 is 0 Å². The number of rotatable bonds is 6. The van der Waals surface area contributed by atoms with Crippen LogP contribution in [-0.4, -0.2) is 35.9 Å². The van der Waals surface area contributed by atoms with E-state index in [1.165, 1.54) is 6.07 Å². The minimum absolute atomic E-state index is 0.0849. The van der Waals surface area contributed by atoms with Crippen molar-refractivity contribution >= 4 is 17.3 Å². The third-order valence-corrected chi connectivity index (χ3v) is 2.98. The second kappa shape index (κ2) is 6.78. The summed E-state index contributed by atoms with van der Waals surface area (Å²) in [5.74, 6) is -0.402. The number of para-hydroxylation sites is 1. The molecule has 1 N–H and O–H groups in total. The molecular formula is C13H14FN3O4.